The van der Waals surface area contributed by atoms with Gasteiger partial charge in [0.15, 0.2) is 6.10 Å². The number of aryl methyl sites for hydroxylation is 2. The molecule has 0 saturated heterocycles. The first-order valence-electron chi connectivity index (χ1n) is 11.0. The predicted molar refractivity (Wildman–Crippen MR) is 131 cm³/mol. The standard InChI is InChI=1S/C26H28N2O5S/c1-17-9-12-20(13-10-17)34(30,31)28-16-25(33-24-14-11-18(2)15-22(24)28)26(29)27-19(3)21-7-5-6-8-23(21)32-4/h5-15,19,25H,16H2,1-4H3,(H,27,29)/t19-,25+/m1/s1. The minimum Gasteiger partial charge on any atom is -0.496 e. The average Bonchev–Trinajstić information content (AvgIpc) is 2.83. The Hall–Kier alpha value is -3.52. The lowest BCUT2D eigenvalue weighted by Crippen LogP contribution is -2.51. The fourth-order valence-corrected chi connectivity index (χ4v) is 5.44. The molecule has 3 aromatic carbocycles. The molecule has 0 radical (unpaired) electrons. The van der Waals surface area contributed by atoms with Crippen LogP contribution in [0.3, 0.4) is 0 Å². The smallest absolute Gasteiger partial charge is 0.264 e. The number of ether oxygens (including phenoxy) is 2. The van der Waals surface area contributed by atoms with E-state index < -0.39 is 22.0 Å². The van der Waals surface area contributed by atoms with E-state index in [0.29, 0.717) is 17.2 Å². The molecule has 4 rings (SSSR count). The number of hydrogen-bond donors (Lipinski definition) is 1. The second-order valence-electron chi connectivity index (χ2n) is 8.40. The monoisotopic (exact) mass is 480 g/mol. The Labute approximate surface area is 200 Å². The Balaban J connectivity index is 1.65. The van der Waals surface area contributed by atoms with E-state index in [-0.39, 0.29) is 17.5 Å². The highest BCUT2D eigenvalue weighted by Crippen LogP contribution is 2.38. The van der Waals surface area contributed by atoms with Crippen molar-refractivity contribution >= 4 is 21.6 Å². The molecule has 8 heteroatoms. The number of nitrogens with zero attached hydrogens (tertiary/aromatic N) is 1. The molecule has 1 N–H and O–H groups in total. The summed E-state index contributed by atoms with van der Waals surface area (Å²) < 4.78 is 39.8. The average molecular weight is 481 g/mol. The van der Waals surface area contributed by atoms with E-state index in [1.54, 1.807) is 43.5 Å². The van der Waals surface area contributed by atoms with Crippen LogP contribution in [0.1, 0.15) is 29.7 Å². The maximum Gasteiger partial charge on any atom is 0.264 e. The molecule has 0 saturated carbocycles. The molecule has 178 valence electrons. The zero-order valence-electron chi connectivity index (χ0n) is 19.6. The van der Waals surface area contributed by atoms with E-state index >= 15 is 0 Å². The van der Waals surface area contributed by atoms with Gasteiger partial charge < -0.3 is 14.8 Å². The van der Waals surface area contributed by atoms with Crippen LogP contribution in [0.4, 0.5) is 5.69 Å². The van der Waals surface area contributed by atoms with Crippen molar-refractivity contribution in [3.8, 4) is 11.5 Å². The van der Waals surface area contributed by atoms with E-state index in [0.717, 1.165) is 16.7 Å². The minimum atomic E-state index is -3.91. The lowest BCUT2D eigenvalue weighted by molar-refractivity contribution is -0.128. The molecule has 0 unspecified atom stereocenters. The Bertz CT molecular complexity index is 1310. The zero-order valence-corrected chi connectivity index (χ0v) is 20.4. The Morgan fingerprint density at radius 2 is 1.74 bits per heavy atom. The van der Waals surface area contributed by atoms with Gasteiger partial charge in [0.25, 0.3) is 15.9 Å². The van der Waals surface area contributed by atoms with Crippen molar-refractivity contribution in [2.45, 2.75) is 37.8 Å². The highest BCUT2D eigenvalue weighted by molar-refractivity contribution is 7.92. The van der Waals surface area contributed by atoms with Gasteiger partial charge in [0.1, 0.15) is 11.5 Å². The number of carbonyl (C=O) groups excluding carboxylic acids is 1. The normalized spacial score (nSPS) is 16.2. The highest BCUT2D eigenvalue weighted by Gasteiger charge is 2.38. The van der Waals surface area contributed by atoms with Crippen molar-refractivity contribution in [2.24, 2.45) is 0 Å². The van der Waals surface area contributed by atoms with Crippen molar-refractivity contribution in [3.05, 3.63) is 83.4 Å². The number of anilines is 1. The molecule has 0 aromatic heterocycles. The summed E-state index contributed by atoms with van der Waals surface area (Å²) in [5.74, 6) is 0.593. The largest absolute Gasteiger partial charge is 0.496 e. The Morgan fingerprint density at radius 1 is 1.06 bits per heavy atom. The Kier molecular flexibility index (Phi) is 6.52. The maximum atomic E-state index is 13.6. The van der Waals surface area contributed by atoms with Crippen molar-refractivity contribution in [2.75, 3.05) is 18.0 Å². The van der Waals surface area contributed by atoms with E-state index in [2.05, 4.69) is 5.32 Å². The van der Waals surface area contributed by atoms with Gasteiger partial charge in [-0.25, -0.2) is 8.42 Å². The number of nitrogens with one attached hydrogen (secondary N) is 1. The fraction of sp³-hybridized carbons (Fsp3) is 0.269. The first-order valence-corrected chi connectivity index (χ1v) is 12.4. The van der Waals surface area contributed by atoms with Crippen LogP contribution in [-0.2, 0) is 14.8 Å². The number of methoxy groups -OCH3 is 1. The van der Waals surface area contributed by atoms with Crippen LogP contribution in [0.25, 0.3) is 0 Å². The molecule has 0 spiro atoms. The summed E-state index contributed by atoms with van der Waals surface area (Å²) in [5, 5.41) is 2.94. The van der Waals surface area contributed by atoms with Crippen molar-refractivity contribution < 1.29 is 22.7 Å². The SMILES string of the molecule is COc1ccccc1[C@@H](C)NC(=O)[C@@H]1CN(S(=O)(=O)c2ccc(C)cc2)c2cc(C)ccc2O1. The van der Waals surface area contributed by atoms with Gasteiger partial charge in [-0.3, -0.25) is 9.10 Å². The van der Waals surface area contributed by atoms with Crippen LogP contribution in [-0.4, -0.2) is 34.1 Å². The molecule has 3 aromatic rings. The molecular formula is C26H28N2O5S. The third kappa shape index (κ3) is 4.59. The summed E-state index contributed by atoms with van der Waals surface area (Å²) in [7, 11) is -2.34. The van der Waals surface area contributed by atoms with Crippen molar-refractivity contribution in [3.63, 3.8) is 0 Å². The summed E-state index contributed by atoms with van der Waals surface area (Å²) in [4.78, 5) is 13.4. The summed E-state index contributed by atoms with van der Waals surface area (Å²) in [5.41, 5.74) is 3.08. The summed E-state index contributed by atoms with van der Waals surface area (Å²) in [6.07, 6.45) is -1.02. The van der Waals surface area contributed by atoms with Gasteiger partial charge in [-0.1, -0.05) is 42.0 Å². The van der Waals surface area contributed by atoms with Crippen LogP contribution in [0.5, 0.6) is 11.5 Å². The molecule has 0 fully saturated rings. The highest BCUT2D eigenvalue weighted by atomic mass is 32.2. The van der Waals surface area contributed by atoms with Crippen LogP contribution in [0, 0.1) is 13.8 Å². The second kappa shape index (κ2) is 9.38. The maximum absolute atomic E-state index is 13.6. The zero-order chi connectivity index (χ0) is 24.5. The van der Waals surface area contributed by atoms with E-state index in [1.165, 1.54) is 4.31 Å². The van der Waals surface area contributed by atoms with E-state index in [1.807, 2.05) is 51.1 Å². The van der Waals surface area contributed by atoms with Gasteiger partial charge in [0, 0.05) is 5.56 Å². The number of hydrogen-bond acceptors (Lipinski definition) is 5. The number of benzene rings is 3. The number of carbonyl (C=O) groups is 1. The van der Waals surface area contributed by atoms with E-state index in [4.69, 9.17) is 9.47 Å². The van der Waals surface area contributed by atoms with E-state index in [9.17, 15) is 13.2 Å². The van der Waals surface area contributed by atoms with Crippen LogP contribution in [0.2, 0.25) is 0 Å². The number of rotatable bonds is 6. The number of sulfonamides is 1. The van der Waals surface area contributed by atoms with Gasteiger partial charge in [0.05, 0.1) is 30.3 Å². The van der Waals surface area contributed by atoms with Crippen LogP contribution < -0.4 is 19.1 Å². The summed E-state index contributed by atoms with van der Waals surface area (Å²) in [6.45, 7) is 5.48. The third-order valence-electron chi connectivity index (χ3n) is 5.85. The first-order chi connectivity index (χ1) is 16.2. The molecule has 0 bridgehead atoms. The summed E-state index contributed by atoms with van der Waals surface area (Å²) in [6, 6.07) is 19.0. The van der Waals surface area contributed by atoms with Crippen molar-refractivity contribution in [1.82, 2.24) is 5.32 Å². The van der Waals surface area contributed by atoms with Crippen LogP contribution in [0.15, 0.2) is 71.6 Å². The molecule has 2 atom stereocenters. The van der Waals surface area contributed by atoms with Gasteiger partial charge in [0.2, 0.25) is 0 Å². The second-order valence-corrected chi connectivity index (χ2v) is 10.3. The molecule has 1 heterocycles. The fourth-order valence-electron chi connectivity index (χ4n) is 3.97. The topological polar surface area (TPSA) is 84.9 Å². The molecule has 7 nitrogen and oxygen atoms in total. The Morgan fingerprint density at radius 3 is 2.44 bits per heavy atom. The number of para-hydroxylation sites is 1. The van der Waals surface area contributed by atoms with Crippen molar-refractivity contribution in [1.29, 1.82) is 0 Å². The van der Waals surface area contributed by atoms with Gasteiger partial charge in [-0.15, -0.1) is 0 Å². The summed E-state index contributed by atoms with van der Waals surface area (Å²) >= 11 is 0. The lowest BCUT2D eigenvalue weighted by Gasteiger charge is -2.35. The molecular weight excluding hydrogens is 452 g/mol. The number of fused-ring (bicyclic) bond motifs is 1. The third-order valence-corrected chi connectivity index (χ3v) is 7.64. The lowest BCUT2D eigenvalue weighted by atomic mass is 10.1. The van der Waals surface area contributed by atoms with Crippen LogP contribution >= 0.6 is 0 Å². The minimum absolute atomic E-state index is 0.142. The molecule has 1 aliphatic rings. The molecule has 1 aliphatic heterocycles. The molecule has 34 heavy (non-hydrogen) atoms. The quantitative estimate of drug-likeness (QED) is 0.573. The first kappa shape index (κ1) is 23.6. The molecule has 1 amide bonds. The number of amides is 1. The van der Waals surface area contributed by atoms with Gasteiger partial charge >= 0.3 is 0 Å². The van der Waals surface area contributed by atoms with Gasteiger partial charge in [-0.2, -0.15) is 0 Å². The predicted octanol–water partition coefficient (Wildman–Crippen LogP) is 4.15. The molecule has 0 aliphatic carbocycles. The van der Waals surface area contributed by atoms with Gasteiger partial charge in [-0.05, 0) is 56.7 Å².